The van der Waals surface area contributed by atoms with E-state index < -0.39 is 15.4 Å². The summed E-state index contributed by atoms with van der Waals surface area (Å²) < 4.78 is 35.1. The zero-order valence-electron chi connectivity index (χ0n) is 18.9. The summed E-state index contributed by atoms with van der Waals surface area (Å²) in [4.78, 5) is 29.5. The first-order valence-electron chi connectivity index (χ1n) is 10.6. The van der Waals surface area contributed by atoms with Crippen molar-refractivity contribution in [3.05, 3.63) is 46.9 Å². The highest BCUT2D eigenvalue weighted by Crippen LogP contribution is 2.29. The molecule has 2 heterocycles. The highest BCUT2D eigenvalue weighted by Gasteiger charge is 2.26. The van der Waals surface area contributed by atoms with E-state index in [2.05, 4.69) is 4.98 Å². The number of hydrogen-bond donors (Lipinski definition) is 1. The maximum absolute atomic E-state index is 12.6. The number of likely N-dealkylation sites (tertiary alicyclic amines) is 1. The van der Waals surface area contributed by atoms with Crippen LogP contribution in [0.2, 0.25) is 0 Å². The average Bonchev–Trinajstić information content (AvgIpc) is 2.92. The van der Waals surface area contributed by atoms with Gasteiger partial charge in [-0.05, 0) is 57.4 Å². The molecule has 174 valence electrons. The number of hydrogen-bond acceptors (Lipinski definition) is 6. The van der Waals surface area contributed by atoms with E-state index in [4.69, 9.17) is 9.47 Å². The highest BCUT2D eigenvalue weighted by atomic mass is 32.2. The Morgan fingerprint density at radius 2 is 1.78 bits per heavy atom. The predicted octanol–water partition coefficient (Wildman–Crippen LogP) is 3.61. The lowest BCUT2D eigenvalue weighted by Gasteiger charge is -2.26. The Hall–Kier alpha value is -2.81. The third-order valence-electron chi connectivity index (χ3n) is 5.11. The SMILES string of the molecule is CC(C)(C)OC(=O)N1CCCC(Oc2cc[nH]c(=O)c2-c2ccc(S(C)(=O)=O)cc2)CC1. The minimum atomic E-state index is -3.33. The molecule has 8 nitrogen and oxygen atoms in total. The van der Waals surface area contributed by atoms with Gasteiger partial charge in [-0.3, -0.25) is 4.79 Å². The summed E-state index contributed by atoms with van der Waals surface area (Å²) in [5.41, 5.74) is 0.0454. The number of sulfone groups is 1. The number of nitrogens with one attached hydrogen (secondary N) is 1. The normalized spacial score (nSPS) is 17.5. The van der Waals surface area contributed by atoms with Gasteiger partial charge in [0.15, 0.2) is 9.84 Å². The van der Waals surface area contributed by atoms with E-state index in [9.17, 15) is 18.0 Å². The third-order valence-corrected chi connectivity index (χ3v) is 6.24. The van der Waals surface area contributed by atoms with Crippen LogP contribution in [0.25, 0.3) is 11.1 Å². The summed E-state index contributed by atoms with van der Waals surface area (Å²) in [6.07, 6.45) is 4.26. The molecule has 1 aliphatic rings. The highest BCUT2D eigenvalue weighted by molar-refractivity contribution is 7.90. The van der Waals surface area contributed by atoms with Crippen molar-refractivity contribution in [2.75, 3.05) is 19.3 Å². The molecule has 0 bridgehead atoms. The summed E-state index contributed by atoms with van der Waals surface area (Å²) in [6.45, 7) is 6.60. The van der Waals surface area contributed by atoms with Gasteiger partial charge in [-0.1, -0.05) is 12.1 Å². The first kappa shape index (κ1) is 23.8. The fraction of sp³-hybridized carbons (Fsp3) is 0.478. The monoisotopic (exact) mass is 462 g/mol. The van der Waals surface area contributed by atoms with Gasteiger partial charge in [0.25, 0.3) is 5.56 Å². The Labute approximate surface area is 188 Å². The minimum absolute atomic E-state index is 0.168. The average molecular weight is 463 g/mol. The van der Waals surface area contributed by atoms with Crippen molar-refractivity contribution in [1.82, 2.24) is 9.88 Å². The molecule has 1 unspecified atom stereocenters. The molecule has 0 radical (unpaired) electrons. The number of aromatic amines is 1. The van der Waals surface area contributed by atoms with Crippen LogP contribution in [0.3, 0.4) is 0 Å². The molecule has 2 aromatic rings. The lowest BCUT2D eigenvalue weighted by molar-refractivity contribution is 0.0252. The first-order chi connectivity index (χ1) is 14.9. The maximum Gasteiger partial charge on any atom is 0.410 e. The molecule has 32 heavy (non-hydrogen) atoms. The second-order valence-corrected chi connectivity index (χ2v) is 11.0. The summed E-state index contributed by atoms with van der Waals surface area (Å²) >= 11 is 0. The van der Waals surface area contributed by atoms with Gasteiger partial charge < -0.3 is 19.4 Å². The van der Waals surface area contributed by atoms with Gasteiger partial charge in [-0.15, -0.1) is 0 Å². The van der Waals surface area contributed by atoms with Crippen LogP contribution in [0.1, 0.15) is 40.0 Å². The summed E-state index contributed by atoms with van der Waals surface area (Å²) in [7, 11) is -3.33. The fourth-order valence-electron chi connectivity index (χ4n) is 3.57. The van der Waals surface area contributed by atoms with Crippen molar-refractivity contribution < 1.29 is 22.7 Å². The number of carbonyl (C=O) groups is 1. The van der Waals surface area contributed by atoms with Crippen molar-refractivity contribution in [3.8, 4) is 16.9 Å². The van der Waals surface area contributed by atoms with Crippen molar-refractivity contribution >= 4 is 15.9 Å². The van der Waals surface area contributed by atoms with E-state index in [0.29, 0.717) is 36.4 Å². The van der Waals surface area contributed by atoms with Crippen molar-refractivity contribution in [1.29, 1.82) is 0 Å². The lowest BCUT2D eigenvalue weighted by Crippen LogP contribution is -2.37. The molecule has 9 heteroatoms. The van der Waals surface area contributed by atoms with E-state index in [-0.39, 0.29) is 22.7 Å². The van der Waals surface area contributed by atoms with Crippen LogP contribution in [0.4, 0.5) is 4.79 Å². The van der Waals surface area contributed by atoms with Crippen molar-refractivity contribution in [3.63, 3.8) is 0 Å². The van der Waals surface area contributed by atoms with Gasteiger partial charge in [0.05, 0.1) is 10.5 Å². The minimum Gasteiger partial charge on any atom is -0.489 e. The van der Waals surface area contributed by atoms with Gasteiger partial charge in [0.1, 0.15) is 17.5 Å². The van der Waals surface area contributed by atoms with Gasteiger partial charge in [0, 0.05) is 32.0 Å². The lowest BCUT2D eigenvalue weighted by atomic mass is 10.1. The smallest absolute Gasteiger partial charge is 0.410 e. The molecule has 3 rings (SSSR count). The number of amides is 1. The standard InChI is InChI=1S/C23H30N2O6S/c1-23(2,3)31-22(27)25-14-5-6-17(12-15-25)30-19-11-13-24-21(26)20(19)16-7-9-18(10-8-16)32(4,28)29/h7-11,13,17H,5-6,12,14-15H2,1-4H3,(H,24,26). The summed E-state index contributed by atoms with van der Waals surface area (Å²) in [5, 5.41) is 0. The van der Waals surface area contributed by atoms with Crippen LogP contribution >= 0.6 is 0 Å². The van der Waals surface area contributed by atoms with Crippen molar-refractivity contribution in [2.45, 2.75) is 56.6 Å². The Balaban J connectivity index is 1.77. The van der Waals surface area contributed by atoms with E-state index >= 15 is 0 Å². The fourth-order valence-corrected chi connectivity index (χ4v) is 4.20. The zero-order valence-corrected chi connectivity index (χ0v) is 19.7. The molecular formula is C23H30N2O6S. The Bertz CT molecular complexity index is 1120. The molecule has 1 amide bonds. The summed E-state index contributed by atoms with van der Waals surface area (Å²) in [5.74, 6) is 0.427. The molecule has 1 fully saturated rings. The molecule has 0 aliphatic carbocycles. The number of nitrogens with zero attached hydrogens (tertiary/aromatic N) is 1. The molecular weight excluding hydrogens is 432 g/mol. The molecule has 1 aromatic heterocycles. The topological polar surface area (TPSA) is 106 Å². The van der Waals surface area contributed by atoms with Crippen LogP contribution < -0.4 is 10.3 Å². The van der Waals surface area contributed by atoms with E-state index in [0.717, 1.165) is 19.1 Å². The number of rotatable bonds is 4. The second-order valence-electron chi connectivity index (χ2n) is 8.98. The van der Waals surface area contributed by atoms with Crippen molar-refractivity contribution in [2.24, 2.45) is 0 Å². The van der Waals surface area contributed by atoms with Crippen LogP contribution in [0.5, 0.6) is 5.75 Å². The third kappa shape index (κ3) is 6.12. The molecule has 1 saturated heterocycles. The Kier molecular flexibility index (Phi) is 6.97. The maximum atomic E-state index is 12.6. The number of ether oxygens (including phenoxy) is 2. The Morgan fingerprint density at radius 1 is 1.09 bits per heavy atom. The largest absolute Gasteiger partial charge is 0.489 e. The van der Waals surface area contributed by atoms with Gasteiger partial charge >= 0.3 is 6.09 Å². The van der Waals surface area contributed by atoms with Crippen LogP contribution in [-0.2, 0) is 14.6 Å². The number of H-pyrrole nitrogens is 1. The number of aromatic nitrogens is 1. The van der Waals surface area contributed by atoms with Gasteiger partial charge in [0.2, 0.25) is 0 Å². The molecule has 1 N–H and O–H groups in total. The number of benzene rings is 1. The number of pyridine rings is 1. The van der Waals surface area contributed by atoms with Crippen LogP contribution in [0.15, 0.2) is 46.2 Å². The number of carbonyl (C=O) groups excluding carboxylic acids is 1. The first-order valence-corrected chi connectivity index (χ1v) is 12.5. The van der Waals surface area contributed by atoms with Gasteiger partial charge in [-0.2, -0.15) is 0 Å². The van der Waals surface area contributed by atoms with Crippen LogP contribution in [-0.4, -0.2) is 55.4 Å². The molecule has 0 spiro atoms. The second kappa shape index (κ2) is 9.36. The zero-order chi connectivity index (χ0) is 23.5. The molecule has 1 atom stereocenters. The van der Waals surface area contributed by atoms with E-state index in [1.807, 2.05) is 20.8 Å². The molecule has 1 aliphatic heterocycles. The van der Waals surface area contributed by atoms with Crippen LogP contribution in [0, 0.1) is 0 Å². The van der Waals surface area contributed by atoms with E-state index in [1.165, 1.54) is 18.3 Å². The Morgan fingerprint density at radius 3 is 2.41 bits per heavy atom. The molecule has 1 aromatic carbocycles. The summed E-state index contributed by atoms with van der Waals surface area (Å²) in [6, 6.07) is 7.85. The van der Waals surface area contributed by atoms with E-state index in [1.54, 1.807) is 23.1 Å². The van der Waals surface area contributed by atoms with Gasteiger partial charge in [-0.25, -0.2) is 13.2 Å². The predicted molar refractivity (Wildman–Crippen MR) is 122 cm³/mol. The quantitative estimate of drug-likeness (QED) is 0.744. The molecule has 0 saturated carbocycles.